The van der Waals surface area contributed by atoms with E-state index in [1.165, 1.54) is 0 Å². The molecule has 1 aliphatic carbocycles. The molecule has 1 aliphatic heterocycles. The summed E-state index contributed by atoms with van der Waals surface area (Å²) < 4.78 is 11.2. The summed E-state index contributed by atoms with van der Waals surface area (Å²) in [6, 6.07) is 5.79. The van der Waals surface area contributed by atoms with Gasteiger partial charge in [0.2, 0.25) is 5.60 Å². The minimum absolute atomic E-state index is 0.281. The Morgan fingerprint density at radius 1 is 1.38 bits per heavy atom. The highest BCUT2D eigenvalue weighted by molar-refractivity contribution is 5.84. The van der Waals surface area contributed by atoms with E-state index < -0.39 is 17.2 Å². The number of hydrogen-bond acceptors (Lipinski definition) is 4. The highest BCUT2D eigenvalue weighted by Crippen LogP contribution is 2.55. The molecule has 2 atom stereocenters. The van der Waals surface area contributed by atoms with E-state index in [9.17, 15) is 9.90 Å². The van der Waals surface area contributed by atoms with E-state index in [1.807, 2.05) is 25.1 Å². The fourth-order valence-corrected chi connectivity index (χ4v) is 3.80. The van der Waals surface area contributed by atoms with Crippen molar-refractivity contribution in [2.24, 2.45) is 0 Å². The molecule has 0 radical (unpaired) electrons. The smallest absolute Gasteiger partial charge is 0.353 e. The SMILES string of the molecule is CCOC(=O)C1(CC)Oc2cccc3c2C1(O)CCCC3. The van der Waals surface area contributed by atoms with E-state index in [2.05, 4.69) is 0 Å². The second kappa shape index (κ2) is 5.02. The summed E-state index contributed by atoms with van der Waals surface area (Å²) in [5, 5.41) is 11.4. The number of rotatable bonds is 3. The van der Waals surface area contributed by atoms with E-state index in [0.717, 1.165) is 30.4 Å². The third kappa shape index (κ3) is 1.81. The van der Waals surface area contributed by atoms with E-state index in [0.29, 0.717) is 18.6 Å². The van der Waals surface area contributed by atoms with Crippen molar-refractivity contribution in [3.8, 4) is 5.75 Å². The number of aryl methyl sites for hydroxylation is 1. The monoisotopic (exact) mass is 290 g/mol. The van der Waals surface area contributed by atoms with Gasteiger partial charge in [0.1, 0.15) is 11.4 Å². The molecule has 0 amide bonds. The number of hydrogen-bond donors (Lipinski definition) is 1. The van der Waals surface area contributed by atoms with Crippen molar-refractivity contribution in [2.75, 3.05) is 6.61 Å². The van der Waals surface area contributed by atoms with Gasteiger partial charge in [-0.05, 0) is 50.7 Å². The van der Waals surface area contributed by atoms with Gasteiger partial charge in [-0.3, -0.25) is 0 Å². The van der Waals surface area contributed by atoms with Gasteiger partial charge in [0, 0.05) is 5.56 Å². The van der Waals surface area contributed by atoms with E-state index in [1.54, 1.807) is 6.92 Å². The molecule has 0 spiro atoms. The Hall–Kier alpha value is -1.55. The maximum atomic E-state index is 12.6. The van der Waals surface area contributed by atoms with Gasteiger partial charge in [-0.1, -0.05) is 19.1 Å². The molecule has 4 heteroatoms. The lowest BCUT2D eigenvalue weighted by atomic mass is 9.74. The van der Waals surface area contributed by atoms with Crippen LogP contribution in [-0.4, -0.2) is 23.3 Å². The Bertz CT molecular complexity index is 568. The molecule has 4 nitrogen and oxygen atoms in total. The van der Waals surface area contributed by atoms with Crippen LogP contribution >= 0.6 is 0 Å². The summed E-state index contributed by atoms with van der Waals surface area (Å²) in [6.07, 6.45) is 3.72. The van der Waals surface area contributed by atoms with E-state index >= 15 is 0 Å². The van der Waals surface area contributed by atoms with E-state index in [4.69, 9.17) is 9.47 Å². The number of esters is 1. The van der Waals surface area contributed by atoms with Crippen LogP contribution in [0, 0.1) is 0 Å². The van der Waals surface area contributed by atoms with Crippen LogP contribution in [0.3, 0.4) is 0 Å². The molecule has 1 heterocycles. The first-order valence-corrected chi connectivity index (χ1v) is 7.80. The van der Waals surface area contributed by atoms with Gasteiger partial charge in [-0.25, -0.2) is 4.79 Å². The maximum Gasteiger partial charge on any atom is 0.353 e. The molecule has 1 aromatic carbocycles. The summed E-state index contributed by atoms with van der Waals surface area (Å²) in [6.45, 7) is 3.92. The maximum absolute atomic E-state index is 12.6. The van der Waals surface area contributed by atoms with Crippen molar-refractivity contribution in [2.45, 2.75) is 57.2 Å². The average molecular weight is 290 g/mol. The van der Waals surface area contributed by atoms with Crippen LogP contribution in [0.25, 0.3) is 0 Å². The lowest BCUT2D eigenvalue weighted by molar-refractivity contribution is -0.187. The first-order valence-electron chi connectivity index (χ1n) is 7.80. The molecule has 1 N–H and O–H groups in total. The van der Waals surface area contributed by atoms with Crippen molar-refractivity contribution in [3.63, 3.8) is 0 Å². The molecule has 0 aromatic heterocycles. The number of benzene rings is 1. The van der Waals surface area contributed by atoms with Crippen LogP contribution < -0.4 is 4.74 Å². The van der Waals surface area contributed by atoms with Gasteiger partial charge >= 0.3 is 5.97 Å². The van der Waals surface area contributed by atoms with Gasteiger partial charge in [0.05, 0.1) is 6.61 Å². The topological polar surface area (TPSA) is 55.8 Å². The molecule has 114 valence electrons. The van der Waals surface area contributed by atoms with Crippen LogP contribution in [0.2, 0.25) is 0 Å². The number of aliphatic hydroxyl groups is 1. The van der Waals surface area contributed by atoms with Gasteiger partial charge in [0.15, 0.2) is 0 Å². The van der Waals surface area contributed by atoms with Crippen molar-refractivity contribution in [1.29, 1.82) is 0 Å². The molecule has 3 rings (SSSR count). The van der Waals surface area contributed by atoms with Crippen LogP contribution in [-0.2, 0) is 21.6 Å². The van der Waals surface area contributed by atoms with E-state index in [-0.39, 0.29) is 6.61 Å². The highest BCUT2D eigenvalue weighted by Gasteiger charge is 2.64. The van der Waals surface area contributed by atoms with Gasteiger partial charge < -0.3 is 14.6 Å². The zero-order valence-corrected chi connectivity index (χ0v) is 12.6. The minimum atomic E-state index is -1.31. The Labute approximate surface area is 125 Å². The summed E-state index contributed by atoms with van der Waals surface area (Å²) in [4.78, 5) is 12.6. The molecule has 0 fully saturated rings. The predicted octanol–water partition coefficient (Wildman–Crippen LogP) is 2.70. The van der Waals surface area contributed by atoms with Crippen LogP contribution in [0.5, 0.6) is 5.75 Å². The van der Waals surface area contributed by atoms with Crippen molar-refractivity contribution < 1.29 is 19.4 Å². The Morgan fingerprint density at radius 2 is 2.19 bits per heavy atom. The Kier molecular flexibility index (Phi) is 3.44. The third-order valence-corrected chi connectivity index (χ3v) is 4.82. The van der Waals surface area contributed by atoms with Gasteiger partial charge in [-0.2, -0.15) is 0 Å². The highest BCUT2D eigenvalue weighted by atomic mass is 16.6. The molecule has 0 saturated carbocycles. The average Bonchev–Trinajstić information content (AvgIpc) is 2.61. The summed E-state index contributed by atoms with van der Waals surface area (Å²) in [5.74, 6) is 0.172. The summed E-state index contributed by atoms with van der Waals surface area (Å²) >= 11 is 0. The largest absolute Gasteiger partial charge is 0.472 e. The first-order chi connectivity index (χ1) is 10.1. The molecule has 2 unspecified atom stereocenters. The standard InChI is InChI=1S/C17H22O4/c1-3-17(15(18)20-4-2)16(19)11-6-5-8-12-9-7-10-13(21-17)14(12)16/h7,9-10,19H,3-6,8,11H2,1-2H3. The number of ether oxygens (including phenoxy) is 2. The van der Waals surface area contributed by atoms with Gasteiger partial charge in [0.25, 0.3) is 0 Å². The quantitative estimate of drug-likeness (QED) is 0.870. The van der Waals surface area contributed by atoms with Crippen molar-refractivity contribution >= 4 is 5.97 Å². The molecular formula is C17H22O4. The number of carbonyl (C=O) groups is 1. The van der Waals surface area contributed by atoms with Gasteiger partial charge in [-0.15, -0.1) is 0 Å². The third-order valence-electron chi connectivity index (χ3n) is 4.82. The van der Waals surface area contributed by atoms with Crippen molar-refractivity contribution in [3.05, 3.63) is 29.3 Å². The molecule has 0 bridgehead atoms. The summed E-state index contributed by atoms with van der Waals surface area (Å²) in [5.41, 5.74) is -0.702. The molecule has 0 saturated heterocycles. The zero-order chi connectivity index (χ0) is 15.1. The summed E-state index contributed by atoms with van der Waals surface area (Å²) in [7, 11) is 0. The Morgan fingerprint density at radius 3 is 2.90 bits per heavy atom. The first kappa shape index (κ1) is 14.4. The lowest BCUT2D eigenvalue weighted by Gasteiger charge is -2.38. The van der Waals surface area contributed by atoms with Crippen LogP contribution in [0.4, 0.5) is 0 Å². The normalized spacial score (nSPS) is 30.2. The Balaban J connectivity index is 2.18. The second-order valence-corrected chi connectivity index (χ2v) is 5.86. The fourth-order valence-electron chi connectivity index (χ4n) is 3.80. The lowest BCUT2D eigenvalue weighted by Crippen LogP contribution is -2.57. The van der Waals surface area contributed by atoms with Crippen LogP contribution in [0.1, 0.15) is 50.7 Å². The number of carbonyl (C=O) groups excluding carboxylic acids is 1. The fraction of sp³-hybridized carbons (Fsp3) is 0.588. The zero-order valence-electron chi connectivity index (χ0n) is 12.6. The second-order valence-electron chi connectivity index (χ2n) is 5.86. The molecule has 1 aromatic rings. The predicted molar refractivity (Wildman–Crippen MR) is 78.2 cm³/mol. The van der Waals surface area contributed by atoms with Crippen LogP contribution in [0.15, 0.2) is 18.2 Å². The molecule has 21 heavy (non-hydrogen) atoms. The van der Waals surface area contributed by atoms with Crippen molar-refractivity contribution in [1.82, 2.24) is 0 Å². The molecule has 2 aliphatic rings. The molecular weight excluding hydrogens is 268 g/mol. The minimum Gasteiger partial charge on any atom is -0.472 e.